The topological polar surface area (TPSA) is 37.4 Å². The molecule has 0 aromatic heterocycles. The fraction of sp³-hybridized carbons (Fsp3) is 0.294. The molecule has 0 spiro atoms. The van der Waals surface area contributed by atoms with Crippen LogP contribution in [0.1, 0.15) is 30.9 Å². The molecule has 0 saturated heterocycles. The summed E-state index contributed by atoms with van der Waals surface area (Å²) in [6.07, 6.45) is 0. The van der Waals surface area contributed by atoms with Gasteiger partial charge in [-0.1, -0.05) is 56.3 Å². The fourth-order valence-electron chi connectivity index (χ4n) is 2.12. The normalized spacial score (nSPS) is 12.0. The van der Waals surface area contributed by atoms with Crippen LogP contribution < -0.4 is 0 Å². The molecule has 0 unspecified atom stereocenters. The van der Waals surface area contributed by atoms with E-state index < -0.39 is 10.0 Å². The average Bonchev–Trinajstić information content (AvgIpc) is 2.48. The van der Waals surface area contributed by atoms with Crippen molar-refractivity contribution in [3.05, 3.63) is 65.7 Å². The Labute approximate surface area is 127 Å². The maximum absolute atomic E-state index is 12.4. The molecule has 0 aliphatic rings. The van der Waals surface area contributed by atoms with Crippen LogP contribution in [0.3, 0.4) is 0 Å². The number of hydrogen-bond donors (Lipinski definition) is 0. The number of benzene rings is 2. The molecule has 0 aliphatic carbocycles. The highest BCUT2D eigenvalue weighted by Crippen LogP contribution is 2.18. The predicted octanol–water partition coefficient (Wildman–Crippen LogP) is 3.63. The molecule has 0 aliphatic heterocycles. The minimum Gasteiger partial charge on any atom is -0.207 e. The molecule has 2 aromatic carbocycles. The summed E-state index contributed by atoms with van der Waals surface area (Å²) in [5.41, 5.74) is 2.24. The monoisotopic (exact) mass is 303 g/mol. The highest BCUT2D eigenvalue weighted by atomic mass is 32.2. The molecule has 112 valence electrons. The lowest BCUT2D eigenvalue weighted by Gasteiger charge is -2.17. The zero-order chi connectivity index (χ0) is 15.5. The summed E-state index contributed by atoms with van der Waals surface area (Å²) < 4.78 is 26.3. The fourth-order valence-corrected chi connectivity index (χ4v) is 3.30. The SMILES string of the molecule is CC(C)c1ccc(CN(C)S(=O)(=O)c2ccccc2)cc1. The molecule has 0 bridgehead atoms. The van der Waals surface area contributed by atoms with Gasteiger partial charge < -0.3 is 0 Å². The summed E-state index contributed by atoms with van der Waals surface area (Å²) in [6, 6.07) is 16.6. The van der Waals surface area contributed by atoms with Crippen molar-refractivity contribution < 1.29 is 8.42 Å². The Morgan fingerprint density at radius 3 is 2.05 bits per heavy atom. The third kappa shape index (κ3) is 3.71. The van der Waals surface area contributed by atoms with Crippen molar-refractivity contribution in [2.75, 3.05) is 7.05 Å². The largest absolute Gasteiger partial charge is 0.243 e. The average molecular weight is 303 g/mol. The molecule has 0 amide bonds. The Kier molecular flexibility index (Phi) is 4.80. The summed E-state index contributed by atoms with van der Waals surface area (Å²) in [6.45, 7) is 4.65. The van der Waals surface area contributed by atoms with E-state index in [2.05, 4.69) is 26.0 Å². The number of rotatable bonds is 5. The molecule has 0 N–H and O–H groups in total. The molecule has 0 saturated carbocycles. The summed E-state index contributed by atoms with van der Waals surface area (Å²) >= 11 is 0. The highest BCUT2D eigenvalue weighted by molar-refractivity contribution is 7.89. The smallest absolute Gasteiger partial charge is 0.207 e. The molecule has 2 rings (SSSR count). The van der Waals surface area contributed by atoms with E-state index in [-0.39, 0.29) is 0 Å². The second-order valence-corrected chi connectivity index (χ2v) is 7.52. The van der Waals surface area contributed by atoms with Crippen LogP contribution in [0.4, 0.5) is 0 Å². The summed E-state index contributed by atoms with van der Waals surface area (Å²) in [4.78, 5) is 0.325. The van der Waals surface area contributed by atoms with Crippen molar-refractivity contribution in [3.63, 3.8) is 0 Å². The maximum Gasteiger partial charge on any atom is 0.243 e. The van der Waals surface area contributed by atoms with E-state index in [9.17, 15) is 8.42 Å². The summed E-state index contributed by atoms with van der Waals surface area (Å²) in [5, 5.41) is 0. The van der Waals surface area contributed by atoms with Gasteiger partial charge in [0.15, 0.2) is 0 Å². The van der Waals surface area contributed by atoms with Crippen LogP contribution in [-0.2, 0) is 16.6 Å². The van der Waals surface area contributed by atoms with E-state index in [1.54, 1.807) is 31.3 Å². The van der Waals surface area contributed by atoms with Gasteiger partial charge in [0.05, 0.1) is 4.90 Å². The van der Waals surface area contributed by atoms with Crippen molar-refractivity contribution in [1.82, 2.24) is 4.31 Å². The van der Waals surface area contributed by atoms with Crippen LogP contribution in [0.25, 0.3) is 0 Å². The maximum atomic E-state index is 12.4. The van der Waals surface area contributed by atoms with Gasteiger partial charge in [0.2, 0.25) is 10.0 Å². The first-order chi connectivity index (χ1) is 9.91. The molecule has 4 heteroatoms. The van der Waals surface area contributed by atoms with Gasteiger partial charge >= 0.3 is 0 Å². The van der Waals surface area contributed by atoms with Crippen LogP contribution in [0.15, 0.2) is 59.5 Å². The molecule has 3 nitrogen and oxygen atoms in total. The van der Waals surface area contributed by atoms with Gasteiger partial charge in [-0.3, -0.25) is 0 Å². The lowest BCUT2D eigenvalue weighted by atomic mass is 10.0. The number of sulfonamides is 1. The summed E-state index contributed by atoms with van der Waals surface area (Å²) in [5.74, 6) is 0.477. The molecular weight excluding hydrogens is 282 g/mol. The Balaban J connectivity index is 2.16. The van der Waals surface area contributed by atoms with Crippen LogP contribution in [0, 0.1) is 0 Å². The number of nitrogens with zero attached hydrogens (tertiary/aromatic N) is 1. The molecule has 21 heavy (non-hydrogen) atoms. The third-order valence-electron chi connectivity index (χ3n) is 3.50. The van der Waals surface area contributed by atoms with Crippen molar-refractivity contribution in [1.29, 1.82) is 0 Å². The number of hydrogen-bond acceptors (Lipinski definition) is 2. The first-order valence-corrected chi connectivity index (χ1v) is 8.45. The van der Waals surface area contributed by atoms with Gasteiger partial charge in [0.25, 0.3) is 0 Å². The first-order valence-electron chi connectivity index (χ1n) is 7.01. The van der Waals surface area contributed by atoms with E-state index in [0.29, 0.717) is 17.4 Å². The molecule has 0 atom stereocenters. The van der Waals surface area contributed by atoms with E-state index in [0.717, 1.165) is 5.56 Å². The first kappa shape index (κ1) is 15.7. The predicted molar refractivity (Wildman–Crippen MR) is 85.6 cm³/mol. The minimum absolute atomic E-state index is 0.325. The van der Waals surface area contributed by atoms with Gasteiger partial charge in [-0.2, -0.15) is 4.31 Å². The molecule has 0 fully saturated rings. The molecule has 0 radical (unpaired) electrons. The summed E-state index contributed by atoms with van der Waals surface area (Å²) in [7, 11) is -1.82. The Hall–Kier alpha value is -1.65. The van der Waals surface area contributed by atoms with E-state index in [1.807, 2.05) is 18.2 Å². The van der Waals surface area contributed by atoms with Crippen molar-refractivity contribution in [2.45, 2.75) is 31.2 Å². The Morgan fingerprint density at radius 2 is 1.52 bits per heavy atom. The quantitative estimate of drug-likeness (QED) is 0.846. The Morgan fingerprint density at radius 1 is 0.952 bits per heavy atom. The van der Waals surface area contributed by atoms with E-state index in [1.165, 1.54) is 9.87 Å². The van der Waals surface area contributed by atoms with Gasteiger partial charge in [0, 0.05) is 13.6 Å². The van der Waals surface area contributed by atoms with Crippen LogP contribution >= 0.6 is 0 Å². The standard InChI is InChI=1S/C17H21NO2S/c1-14(2)16-11-9-15(10-12-16)13-18(3)21(19,20)17-7-5-4-6-8-17/h4-12,14H,13H2,1-3H3. The molecule has 0 heterocycles. The van der Waals surface area contributed by atoms with Crippen LogP contribution in [-0.4, -0.2) is 19.8 Å². The lowest BCUT2D eigenvalue weighted by molar-refractivity contribution is 0.466. The zero-order valence-electron chi connectivity index (χ0n) is 12.7. The van der Waals surface area contributed by atoms with Crippen LogP contribution in [0.5, 0.6) is 0 Å². The van der Waals surface area contributed by atoms with Gasteiger partial charge in [0.1, 0.15) is 0 Å². The van der Waals surface area contributed by atoms with Gasteiger partial charge in [-0.05, 0) is 29.2 Å². The molecule has 2 aromatic rings. The van der Waals surface area contributed by atoms with Crippen molar-refractivity contribution in [2.24, 2.45) is 0 Å². The van der Waals surface area contributed by atoms with Gasteiger partial charge in [-0.25, -0.2) is 8.42 Å². The van der Waals surface area contributed by atoms with E-state index >= 15 is 0 Å². The Bertz CT molecular complexity index is 676. The highest BCUT2D eigenvalue weighted by Gasteiger charge is 2.20. The van der Waals surface area contributed by atoms with E-state index in [4.69, 9.17) is 0 Å². The molecular formula is C17H21NO2S. The third-order valence-corrected chi connectivity index (χ3v) is 5.32. The van der Waals surface area contributed by atoms with Crippen LogP contribution in [0.2, 0.25) is 0 Å². The zero-order valence-corrected chi connectivity index (χ0v) is 13.5. The lowest BCUT2D eigenvalue weighted by Crippen LogP contribution is -2.26. The second kappa shape index (κ2) is 6.41. The minimum atomic E-state index is -3.43. The van der Waals surface area contributed by atoms with Gasteiger partial charge in [-0.15, -0.1) is 0 Å². The second-order valence-electron chi connectivity index (χ2n) is 5.47. The van der Waals surface area contributed by atoms with Crippen molar-refractivity contribution >= 4 is 10.0 Å². The van der Waals surface area contributed by atoms with Crippen molar-refractivity contribution in [3.8, 4) is 0 Å².